The standard InChI is InChI=1S/C9H17BrFN/c10-5-1-3-9-4-2-7-12(9)8-6-11/h9H,1-8H2. The molecule has 0 bridgehead atoms. The predicted octanol–water partition coefficient (Wildman–Crippen LogP) is 2.60. The van der Waals surface area contributed by atoms with Crippen molar-refractivity contribution in [3.05, 3.63) is 0 Å². The second kappa shape index (κ2) is 5.92. The lowest BCUT2D eigenvalue weighted by molar-refractivity contribution is 0.221. The van der Waals surface area contributed by atoms with E-state index in [0.29, 0.717) is 12.6 Å². The van der Waals surface area contributed by atoms with E-state index in [9.17, 15) is 4.39 Å². The van der Waals surface area contributed by atoms with E-state index >= 15 is 0 Å². The van der Waals surface area contributed by atoms with Gasteiger partial charge in [-0.25, -0.2) is 4.39 Å². The van der Waals surface area contributed by atoms with Gasteiger partial charge in [0.05, 0.1) is 0 Å². The first kappa shape index (κ1) is 10.5. The molecule has 0 spiro atoms. The molecule has 1 fully saturated rings. The van der Waals surface area contributed by atoms with Crippen molar-refractivity contribution in [3.8, 4) is 0 Å². The van der Waals surface area contributed by atoms with Gasteiger partial charge in [0, 0.05) is 17.9 Å². The van der Waals surface area contributed by atoms with Gasteiger partial charge in [0.2, 0.25) is 0 Å². The van der Waals surface area contributed by atoms with Crippen LogP contribution in [0, 0.1) is 0 Å². The number of nitrogens with zero attached hydrogens (tertiary/aromatic N) is 1. The molecule has 0 aromatic heterocycles. The topological polar surface area (TPSA) is 3.24 Å². The van der Waals surface area contributed by atoms with Gasteiger partial charge in [-0.15, -0.1) is 0 Å². The molecule has 1 saturated heterocycles. The van der Waals surface area contributed by atoms with Crippen LogP contribution in [-0.4, -0.2) is 36.0 Å². The Hall–Kier alpha value is 0.370. The van der Waals surface area contributed by atoms with Gasteiger partial charge in [-0.1, -0.05) is 15.9 Å². The molecule has 0 aromatic rings. The van der Waals surface area contributed by atoms with Crippen molar-refractivity contribution in [2.45, 2.75) is 31.7 Å². The van der Waals surface area contributed by atoms with Crippen LogP contribution in [0.1, 0.15) is 25.7 Å². The van der Waals surface area contributed by atoms with Crippen molar-refractivity contribution in [2.24, 2.45) is 0 Å². The van der Waals surface area contributed by atoms with E-state index in [2.05, 4.69) is 20.8 Å². The number of halogens is 2. The van der Waals surface area contributed by atoms with Gasteiger partial charge in [0.1, 0.15) is 6.67 Å². The fraction of sp³-hybridized carbons (Fsp3) is 1.00. The minimum Gasteiger partial charge on any atom is -0.298 e. The summed E-state index contributed by atoms with van der Waals surface area (Å²) in [5, 5.41) is 1.08. The zero-order chi connectivity index (χ0) is 8.81. The molecule has 1 unspecified atom stereocenters. The van der Waals surface area contributed by atoms with Crippen molar-refractivity contribution >= 4 is 15.9 Å². The monoisotopic (exact) mass is 237 g/mol. The third kappa shape index (κ3) is 3.02. The lowest BCUT2D eigenvalue weighted by Gasteiger charge is -2.22. The average molecular weight is 238 g/mol. The third-order valence-electron chi connectivity index (χ3n) is 2.54. The smallest absolute Gasteiger partial charge is 0.102 e. The normalized spacial score (nSPS) is 25.0. The van der Waals surface area contributed by atoms with Crippen LogP contribution in [0.2, 0.25) is 0 Å². The van der Waals surface area contributed by atoms with Crippen LogP contribution in [0.15, 0.2) is 0 Å². The Balaban J connectivity index is 2.20. The molecule has 1 rings (SSSR count). The highest BCUT2D eigenvalue weighted by atomic mass is 79.9. The molecule has 1 aliphatic rings. The molecule has 0 amide bonds. The van der Waals surface area contributed by atoms with Gasteiger partial charge in [-0.2, -0.15) is 0 Å². The Labute approximate surface area is 82.4 Å². The predicted molar refractivity (Wildman–Crippen MR) is 53.6 cm³/mol. The number of rotatable bonds is 5. The summed E-state index contributed by atoms with van der Waals surface area (Å²) < 4.78 is 12.1. The van der Waals surface area contributed by atoms with Crippen molar-refractivity contribution in [2.75, 3.05) is 25.1 Å². The van der Waals surface area contributed by atoms with Crippen molar-refractivity contribution in [3.63, 3.8) is 0 Å². The molecule has 0 saturated carbocycles. The first-order valence-electron chi connectivity index (χ1n) is 4.74. The van der Waals surface area contributed by atoms with E-state index < -0.39 is 0 Å². The summed E-state index contributed by atoms with van der Waals surface area (Å²) in [6, 6.07) is 0.665. The Bertz CT molecular complexity index is 121. The summed E-state index contributed by atoms with van der Waals surface area (Å²) in [7, 11) is 0. The molecular formula is C9H17BrFN. The highest BCUT2D eigenvalue weighted by Crippen LogP contribution is 2.21. The zero-order valence-electron chi connectivity index (χ0n) is 7.44. The Kier molecular flexibility index (Phi) is 5.16. The zero-order valence-corrected chi connectivity index (χ0v) is 9.02. The van der Waals surface area contributed by atoms with E-state index in [-0.39, 0.29) is 6.67 Å². The molecule has 72 valence electrons. The highest BCUT2D eigenvalue weighted by molar-refractivity contribution is 9.09. The van der Waals surface area contributed by atoms with E-state index in [1.165, 1.54) is 25.7 Å². The van der Waals surface area contributed by atoms with Crippen molar-refractivity contribution < 1.29 is 4.39 Å². The maximum atomic E-state index is 12.1. The molecule has 12 heavy (non-hydrogen) atoms. The Morgan fingerprint density at radius 3 is 3.00 bits per heavy atom. The minimum absolute atomic E-state index is 0.190. The van der Waals surface area contributed by atoms with Crippen LogP contribution in [0.3, 0.4) is 0 Å². The summed E-state index contributed by atoms with van der Waals surface area (Å²) in [5.41, 5.74) is 0. The SMILES string of the molecule is FCCN1CCCC1CCCBr. The number of hydrogen-bond acceptors (Lipinski definition) is 1. The molecule has 3 heteroatoms. The fourth-order valence-corrected chi connectivity index (χ4v) is 2.26. The minimum atomic E-state index is -0.190. The number of alkyl halides is 2. The molecule has 0 radical (unpaired) electrons. The molecular weight excluding hydrogens is 221 g/mol. The first-order valence-corrected chi connectivity index (χ1v) is 5.86. The average Bonchev–Trinajstić information content (AvgIpc) is 2.50. The number of hydrogen-bond donors (Lipinski definition) is 0. The second-order valence-electron chi connectivity index (χ2n) is 3.35. The van der Waals surface area contributed by atoms with Crippen LogP contribution in [0.4, 0.5) is 4.39 Å². The lowest BCUT2D eigenvalue weighted by atomic mass is 10.1. The molecule has 0 aromatic carbocycles. The summed E-state index contributed by atoms with van der Waals surface area (Å²) in [6.07, 6.45) is 4.97. The first-order chi connectivity index (χ1) is 5.88. The van der Waals surface area contributed by atoms with Crippen LogP contribution < -0.4 is 0 Å². The van der Waals surface area contributed by atoms with E-state index in [1.807, 2.05) is 0 Å². The largest absolute Gasteiger partial charge is 0.298 e. The highest BCUT2D eigenvalue weighted by Gasteiger charge is 2.22. The third-order valence-corrected chi connectivity index (χ3v) is 3.10. The lowest BCUT2D eigenvalue weighted by Crippen LogP contribution is -2.31. The second-order valence-corrected chi connectivity index (χ2v) is 4.15. The molecule has 1 nitrogen and oxygen atoms in total. The van der Waals surface area contributed by atoms with Crippen LogP contribution in [0.25, 0.3) is 0 Å². The van der Waals surface area contributed by atoms with Crippen molar-refractivity contribution in [1.29, 1.82) is 0 Å². The summed E-state index contributed by atoms with van der Waals surface area (Å²) >= 11 is 3.42. The van der Waals surface area contributed by atoms with Crippen LogP contribution in [0.5, 0.6) is 0 Å². The van der Waals surface area contributed by atoms with Crippen LogP contribution >= 0.6 is 15.9 Å². The van der Waals surface area contributed by atoms with Gasteiger partial charge >= 0.3 is 0 Å². The van der Waals surface area contributed by atoms with Gasteiger partial charge < -0.3 is 0 Å². The van der Waals surface area contributed by atoms with Gasteiger partial charge in [-0.05, 0) is 32.2 Å². The fourth-order valence-electron chi connectivity index (χ4n) is 1.94. The molecule has 0 aliphatic carbocycles. The Morgan fingerprint density at radius 1 is 1.50 bits per heavy atom. The summed E-state index contributed by atoms with van der Waals surface area (Å²) in [5.74, 6) is 0. The summed E-state index contributed by atoms with van der Waals surface area (Å²) in [6.45, 7) is 1.56. The molecule has 0 N–H and O–H groups in total. The van der Waals surface area contributed by atoms with Gasteiger partial charge in [-0.3, -0.25) is 4.90 Å². The van der Waals surface area contributed by atoms with E-state index in [4.69, 9.17) is 0 Å². The van der Waals surface area contributed by atoms with Gasteiger partial charge in [0.15, 0.2) is 0 Å². The van der Waals surface area contributed by atoms with Crippen LogP contribution in [-0.2, 0) is 0 Å². The molecule has 1 aliphatic heterocycles. The van der Waals surface area contributed by atoms with E-state index in [1.54, 1.807) is 0 Å². The van der Waals surface area contributed by atoms with Gasteiger partial charge in [0.25, 0.3) is 0 Å². The van der Waals surface area contributed by atoms with E-state index in [0.717, 1.165) is 11.9 Å². The maximum Gasteiger partial charge on any atom is 0.102 e. The Morgan fingerprint density at radius 2 is 2.33 bits per heavy atom. The quantitative estimate of drug-likeness (QED) is 0.665. The molecule has 1 heterocycles. The summed E-state index contributed by atoms with van der Waals surface area (Å²) in [4.78, 5) is 2.29. The molecule has 1 atom stereocenters. The van der Waals surface area contributed by atoms with Crippen molar-refractivity contribution in [1.82, 2.24) is 4.90 Å². The number of likely N-dealkylation sites (tertiary alicyclic amines) is 1. The maximum absolute atomic E-state index is 12.1.